The average Bonchev–Trinajstić information content (AvgIpc) is 2.98. The van der Waals surface area contributed by atoms with Crippen molar-refractivity contribution in [2.24, 2.45) is 5.92 Å². The first-order valence-electron chi connectivity index (χ1n) is 9.16. The van der Waals surface area contributed by atoms with Crippen molar-refractivity contribution in [3.8, 4) is 0 Å². The second-order valence-corrected chi connectivity index (χ2v) is 6.76. The minimum atomic E-state index is -0.0888. The maximum Gasteiger partial charge on any atom is 0.321 e. The van der Waals surface area contributed by atoms with Crippen LogP contribution in [-0.2, 0) is 4.79 Å². The van der Waals surface area contributed by atoms with Gasteiger partial charge in [0.15, 0.2) is 0 Å². The van der Waals surface area contributed by atoms with E-state index >= 15 is 0 Å². The fraction of sp³-hybridized carbons (Fsp3) is 0.579. The fourth-order valence-electron chi connectivity index (χ4n) is 3.17. The zero-order chi connectivity index (χ0) is 18.2. The van der Waals surface area contributed by atoms with Crippen LogP contribution in [0.4, 0.5) is 16.2 Å². The smallest absolute Gasteiger partial charge is 0.321 e. The van der Waals surface area contributed by atoms with Crippen molar-refractivity contribution in [1.29, 1.82) is 0 Å². The number of benzene rings is 1. The quantitative estimate of drug-likeness (QED) is 0.797. The highest BCUT2D eigenvalue weighted by atomic mass is 16.2. The summed E-state index contributed by atoms with van der Waals surface area (Å²) < 4.78 is 0. The van der Waals surface area contributed by atoms with Crippen LogP contribution in [-0.4, -0.2) is 55.0 Å². The lowest BCUT2D eigenvalue weighted by Gasteiger charge is -2.24. The number of hydrogen-bond acceptors (Lipinski definition) is 3. The number of rotatable bonds is 7. The maximum atomic E-state index is 12.6. The van der Waals surface area contributed by atoms with Crippen molar-refractivity contribution in [1.82, 2.24) is 9.80 Å². The molecule has 3 amide bonds. The molecule has 6 nitrogen and oxygen atoms in total. The lowest BCUT2D eigenvalue weighted by Crippen LogP contribution is -2.38. The molecule has 25 heavy (non-hydrogen) atoms. The molecule has 1 aliphatic heterocycles. The first-order chi connectivity index (χ1) is 12.0. The molecule has 1 saturated heterocycles. The number of urea groups is 1. The van der Waals surface area contributed by atoms with Gasteiger partial charge < -0.3 is 20.4 Å². The van der Waals surface area contributed by atoms with Gasteiger partial charge in [0, 0.05) is 37.4 Å². The molecule has 0 radical (unpaired) electrons. The maximum absolute atomic E-state index is 12.6. The summed E-state index contributed by atoms with van der Waals surface area (Å²) in [6, 6.07) is 7.20. The molecule has 0 aromatic heterocycles. The van der Waals surface area contributed by atoms with Gasteiger partial charge >= 0.3 is 6.03 Å². The van der Waals surface area contributed by atoms with Crippen LogP contribution >= 0.6 is 0 Å². The molecule has 0 spiro atoms. The zero-order valence-corrected chi connectivity index (χ0v) is 15.5. The number of carbonyl (C=O) groups is 2. The number of carbonyl (C=O) groups excluding carboxylic acids is 2. The third-order valence-electron chi connectivity index (χ3n) is 4.51. The molecule has 1 unspecified atom stereocenters. The molecular formula is C19H30N4O2. The minimum absolute atomic E-state index is 0.00786. The zero-order valence-electron chi connectivity index (χ0n) is 15.5. The molecule has 1 aromatic carbocycles. The summed E-state index contributed by atoms with van der Waals surface area (Å²) in [5.41, 5.74) is 1.40. The lowest BCUT2D eigenvalue weighted by atomic mass is 10.1. The Morgan fingerprint density at radius 3 is 2.56 bits per heavy atom. The number of hydrogen-bond donors (Lipinski definition) is 2. The van der Waals surface area contributed by atoms with Crippen LogP contribution in [0.1, 0.15) is 33.1 Å². The van der Waals surface area contributed by atoms with Crippen LogP contribution in [0.25, 0.3) is 0 Å². The second-order valence-electron chi connectivity index (χ2n) is 6.76. The van der Waals surface area contributed by atoms with Gasteiger partial charge in [-0.25, -0.2) is 4.79 Å². The van der Waals surface area contributed by atoms with E-state index < -0.39 is 0 Å². The molecule has 1 fully saturated rings. The van der Waals surface area contributed by atoms with Gasteiger partial charge in [-0.1, -0.05) is 13.0 Å². The third-order valence-corrected chi connectivity index (χ3v) is 4.51. The Morgan fingerprint density at radius 2 is 1.96 bits per heavy atom. The molecule has 1 atom stereocenters. The molecule has 6 heteroatoms. The normalized spacial score (nSPS) is 17.3. The minimum Gasteiger partial charge on any atom is -0.326 e. The fourth-order valence-corrected chi connectivity index (χ4v) is 3.17. The van der Waals surface area contributed by atoms with Gasteiger partial charge in [-0.2, -0.15) is 0 Å². The number of anilines is 2. The van der Waals surface area contributed by atoms with E-state index in [1.165, 1.54) is 0 Å². The van der Waals surface area contributed by atoms with E-state index in [1.54, 1.807) is 6.07 Å². The van der Waals surface area contributed by atoms with Crippen molar-refractivity contribution in [2.75, 3.05) is 43.9 Å². The van der Waals surface area contributed by atoms with E-state index in [9.17, 15) is 9.59 Å². The van der Waals surface area contributed by atoms with E-state index in [0.717, 1.165) is 32.5 Å². The van der Waals surface area contributed by atoms with E-state index in [1.807, 2.05) is 36.9 Å². The predicted molar refractivity (Wildman–Crippen MR) is 102 cm³/mol. The first-order valence-corrected chi connectivity index (χ1v) is 9.16. The Kier molecular flexibility index (Phi) is 7.25. The first kappa shape index (κ1) is 19.2. The Labute approximate surface area is 150 Å². The second kappa shape index (κ2) is 9.42. The van der Waals surface area contributed by atoms with Gasteiger partial charge in [-0.05, 0) is 57.5 Å². The van der Waals surface area contributed by atoms with E-state index in [0.29, 0.717) is 30.3 Å². The average molecular weight is 346 g/mol. The third kappa shape index (κ3) is 6.05. The lowest BCUT2D eigenvalue weighted by molar-refractivity contribution is -0.116. The number of amides is 3. The van der Waals surface area contributed by atoms with Crippen LogP contribution < -0.4 is 10.6 Å². The largest absolute Gasteiger partial charge is 0.326 e. The van der Waals surface area contributed by atoms with Crippen molar-refractivity contribution in [3.63, 3.8) is 0 Å². The van der Waals surface area contributed by atoms with Gasteiger partial charge in [0.05, 0.1) is 0 Å². The molecule has 0 aliphatic carbocycles. The standard InChI is InChI=1S/C19H30N4O2/c1-4-7-18(24)20-16-8-6-9-17(12-16)21-19(25)23(5-2)14-15-10-11-22(3)13-15/h6,8-9,12,15H,4-5,7,10-11,13-14H2,1-3H3,(H,20,24)(H,21,25). The van der Waals surface area contributed by atoms with E-state index in [-0.39, 0.29) is 11.9 Å². The van der Waals surface area contributed by atoms with Gasteiger partial charge in [0.2, 0.25) is 5.91 Å². The number of nitrogens with zero attached hydrogens (tertiary/aromatic N) is 2. The number of nitrogens with one attached hydrogen (secondary N) is 2. The highest BCUT2D eigenvalue weighted by molar-refractivity contribution is 5.93. The van der Waals surface area contributed by atoms with Gasteiger partial charge in [0.25, 0.3) is 0 Å². The monoisotopic (exact) mass is 346 g/mol. The Balaban J connectivity index is 1.92. The van der Waals surface area contributed by atoms with Crippen LogP contribution in [0, 0.1) is 5.92 Å². The van der Waals surface area contributed by atoms with Crippen molar-refractivity contribution in [3.05, 3.63) is 24.3 Å². The Morgan fingerprint density at radius 1 is 1.24 bits per heavy atom. The van der Waals surface area contributed by atoms with Crippen LogP contribution in [0.15, 0.2) is 24.3 Å². The van der Waals surface area contributed by atoms with Gasteiger partial charge in [0.1, 0.15) is 0 Å². The van der Waals surface area contributed by atoms with Gasteiger partial charge in [-0.15, -0.1) is 0 Å². The van der Waals surface area contributed by atoms with Gasteiger partial charge in [-0.3, -0.25) is 4.79 Å². The summed E-state index contributed by atoms with van der Waals surface area (Å²) in [4.78, 5) is 28.4. The predicted octanol–water partition coefficient (Wildman–Crippen LogP) is 3.23. The molecule has 1 aromatic rings. The van der Waals surface area contributed by atoms with E-state index in [2.05, 4.69) is 22.6 Å². The SMILES string of the molecule is CCCC(=O)Nc1cccc(NC(=O)N(CC)CC2CCN(C)C2)c1. The van der Waals surface area contributed by atoms with Crippen molar-refractivity contribution in [2.45, 2.75) is 33.1 Å². The summed E-state index contributed by atoms with van der Waals surface area (Å²) >= 11 is 0. The highest BCUT2D eigenvalue weighted by Crippen LogP contribution is 2.18. The summed E-state index contributed by atoms with van der Waals surface area (Å²) in [5.74, 6) is 0.530. The van der Waals surface area contributed by atoms with Crippen molar-refractivity contribution < 1.29 is 9.59 Å². The van der Waals surface area contributed by atoms with Crippen LogP contribution in [0.5, 0.6) is 0 Å². The number of likely N-dealkylation sites (tertiary alicyclic amines) is 1. The topological polar surface area (TPSA) is 64.7 Å². The summed E-state index contributed by atoms with van der Waals surface area (Å²) in [7, 11) is 2.12. The molecular weight excluding hydrogens is 316 g/mol. The summed E-state index contributed by atoms with van der Waals surface area (Å²) in [6.07, 6.45) is 2.44. The molecule has 2 N–H and O–H groups in total. The summed E-state index contributed by atoms with van der Waals surface area (Å²) in [5, 5.41) is 5.80. The molecule has 138 valence electrons. The van der Waals surface area contributed by atoms with Crippen LogP contribution in [0.2, 0.25) is 0 Å². The summed E-state index contributed by atoms with van der Waals surface area (Å²) in [6.45, 7) is 7.57. The molecule has 1 heterocycles. The highest BCUT2D eigenvalue weighted by Gasteiger charge is 2.23. The molecule has 0 bridgehead atoms. The Bertz CT molecular complexity index is 591. The molecule has 2 rings (SSSR count). The van der Waals surface area contributed by atoms with Crippen LogP contribution in [0.3, 0.4) is 0 Å². The Hall–Kier alpha value is -2.08. The molecule has 0 saturated carbocycles. The van der Waals surface area contributed by atoms with Crippen molar-refractivity contribution >= 4 is 23.3 Å². The molecule has 1 aliphatic rings. The van der Waals surface area contributed by atoms with E-state index in [4.69, 9.17) is 0 Å².